The molecule has 0 radical (unpaired) electrons. The van der Waals surface area contributed by atoms with Crippen LogP contribution < -0.4 is 21.3 Å². The molecular formula is C36H38ClN5O6. The third-order valence-electron chi connectivity index (χ3n) is 9.44. The number of fused-ring (bicyclic) bond motifs is 1. The van der Waals surface area contributed by atoms with Crippen LogP contribution in [0.5, 0.6) is 5.88 Å². The number of ether oxygens (including phenoxy) is 2. The summed E-state index contributed by atoms with van der Waals surface area (Å²) in [5, 5.41) is 3.33. The number of rotatable bonds is 8. The van der Waals surface area contributed by atoms with Gasteiger partial charge in [0.1, 0.15) is 5.56 Å². The molecule has 3 heterocycles. The fourth-order valence-electron chi connectivity index (χ4n) is 6.92. The van der Waals surface area contributed by atoms with Crippen molar-refractivity contribution < 1.29 is 19.1 Å². The highest BCUT2D eigenvalue weighted by molar-refractivity contribution is 6.36. The van der Waals surface area contributed by atoms with Crippen LogP contribution in [-0.4, -0.2) is 57.7 Å². The summed E-state index contributed by atoms with van der Waals surface area (Å²) in [5.74, 6) is -0.322. The number of amides is 1. The van der Waals surface area contributed by atoms with Crippen molar-refractivity contribution in [2.24, 2.45) is 20.0 Å². The highest BCUT2D eigenvalue weighted by atomic mass is 35.5. The van der Waals surface area contributed by atoms with E-state index in [1.807, 2.05) is 44.2 Å². The van der Waals surface area contributed by atoms with Crippen LogP contribution in [0, 0.1) is 12.8 Å². The third-order valence-corrected chi connectivity index (χ3v) is 9.85. The molecule has 250 valence electrons. The Bertz CT molecular complexity index is 2050. The van der Waals surface area contributed by atoms with E-state index in [0.717, 1.165) is 63.8 Å². The van der Waals surface area contributed by atoms with Crippen molar-refractivity contribution in [2.75, 3.05) is 32.1 Å². The van der Waals surface area contributed by atoms with Crippen molar-refractivity contribution in [1.29, 1.82) is 0 Å². The number of likely N-dealkylation sites (tertiary alicyclic amines) is 1. The molecule has 1 aliphatic carbocycles. The van der Waals surface area contributed by atoms with Gasteiger partial charge in [-0.3, -0.25) is 23.9 Å². The summed E-state index contributed by atoms with van der Waals surface area (Å²) in [7, 11) is 4.45. The normalized spacial score (nSPS) is 17.3. The monoisotopic (exact) mass is 671 g/mol. The maximum absolute atomic E-state index is 13.2. The summed E-state index contributed by atoms with van der Waals surface area (Å²) in [6.45, 7) is 5.55. The molecule has 48 heavy (non-hydrogen) atoms. The summed E-state index contributed by atoms with van der Waals surface area (Å²) in [5.41, 5.74) is 5.10. The van der Waals surface area contributed by atoms with Gasteiger partial charge >= 0.3 is 11.7 Å². The van der Waals surface area contributed by atoms with Crippen molar-refractivity contribution in [3.05, 3.63) is 96.8 Å². The van der Waals surface area contributed by atoms with E-state index in [-0.39, 0.29) is 23.5 Å². The Kier molecular flexibility index (Phi) is 9.26. The van der Waals surface area contributed by atoms with Gasteiger partial charge in [0.2, 0.25) is 5.88 Å². The average Bonchev–Trinajstić information content (AvgIpc) is 3.74. The van der Waals surface area contributed by atoms with E-state index in [1.165, 1.54) is 24.9 Å². The molecule has 2 aromatic heterocycles. The Labute approximate surface area is 283 Å². The Morgan fingerprint density at radius 3 is 2.54 bits per heavy atom. The Morgan fingerprint density at radius 2 is 1.79 bits per heavy atom. The molecule has 0 saturated carbocycles. The van der Waals surface area contributed by atoms with E-state index in [1.54, 1.807) is 13.2 Å². The number of pyridine rings is 1. The number of carbonyl (C=O) groups is 2. The zero-order valence-corrected chi connectivity index (χ0v) is 28.4. The SMILES string of the molecule is CCOC(=O)[C@H]1CCN([C@@H]2CCc3cc(-c4cccc(-c5cccc(NC(=O)c6cn(C)c(=O)n(C)c6=O)c5C)c4Cl)nc(OC)c32)C1. The Hall–Kier alpha value is -4.74. The van der Waals surface area contributed by atoms with E-state index in [2.05, 4.69) is 16.3 Å². The predicted octanol–water partition coefficient (Wildman–Crippen LogP) is 4.91. The molecule has 2 atom stereocenters. The molecule has 12 heteroatoms. The summed E-state index contributed by atoms with van der Waals surface area (Å²) >= 11 is 7.13. The molecule has 11 nitrogen and oxygen atoms in total. The second-order valence-corrected chi connectivity index (χ2v) is 12.7. The van der Waals surface area contributed by atoms with E-state index in [4.69, 9.17) is 26.1 Å². The van der Waals surface area contributed by atoms with Gasteiger partial charge in [-0.1, -0.05) is 41.9 Å². The van der Waals surface area contributed by atoms with E-state index >= 15 is 0 Å². The van der Waals surface area contributed by atoms with Crippen LogP contribution in [-0.2, 0) is 30.0 Å². The molecule has 0 spiro atoms. The van der Waals surface area contributed by atoms with Crippen LogP contribution in [0.4, 0.5) is 5.69 Å². The summed E-state index contributed by atoms with van der Waals surface area (Å²) in [4.78, 5) is 57.6. The van der Waals surface area contributed by atoms with Crippen LogP contribution in [0.15, 0.2) is 58.3 Å². The Morgan fingerprint density at radius 1 is 1.06 bits per heavy atom. The lowest BCUT2D eigenvalue weighted by Crippen LogP contribution is -2.40. The van der Waals surface area contributed by atoms with E-state index in [9.17, 15) is 19.2 Å². The minimum atomic E-state index is -0.676. The summed E-state index contributed by atoms with van der Waals surface area (Å²) in [6.07, 6.45) is 3.77. The van der Waals surface area contributed by atoms with Gasteiger partial charge in [0.05, 0.1) is 30.4 Å². The molecule has 1 amide bonds. The lowest BCUT2D eigenvalue weighted by Gasteiger charge is -2.25. The molecule has 2 aromatic carbocycles. The van der Waals surface area contributed by atoms with Crippen molar-refractivity contribution in [2.45, 2.75) is 39.2 Å². The minimum Gasteiger partial charge on any atom is -0.481 e. The zero-order valence-electron chi connectivity index (χ0n) is 27.6. The minimum absolute atomic E-state index is 0.110. The number of hydrogen-bond acceptors (Lipinski definition) is 8. The maximum Gasteiger partial charge on any atom is 0.330 e. The number of hydrogen-bond donors (Lipinski definition) is 1. The molecule has 2 aliphatic rings. The number of aromatic nitrogens is 3. The number of carbonyl (C=O) groups excluding carboxylic acids is 2. The van der Waals surface area contributed by atoms with Crippen molar-refractivity contribution in [3.63, 3.8) is 0 Å². The first-order valence-electron chi connectivity index (χ1n) is 16.0. The van der Waals surface area contributed by atoms with Gasteiger partial charge in [0.25, 0.3) is 11.5 Å². The number of halogens is 1. The van der Waals surface area contributed by atoms with Gasteiger partial charge in [0.15, 0.2) is 0 Å². The van der Waals surface area contributed by atoms with Crippen LogP contribution in [0.1, 0.15) is 52.9 Å². The van der Waals surface area contributed by atoms with Gasteiger partial charge in [0, 0.05) is 55.3 Å². The van der Waals surface area contributed by atoms with Crippen molar-refractivity contribution in [3.8, 4) is 28.3 Å². The lowest BCUT2D eigenvalue weighted by molar-refractivity contribution is -0.147. The number of aryl methyl sites for hydroxylation is 2. The molecule has 1 fully saturated rings. The molecule has 1 N–H and O–H groups in total. The van der Waals surface area contributed by atoms with Crippen molar-refractivity contribution >= 4 is 29.2 Å². The van der Waals surface area contributed by atoms with E-state index < -0.39 is 17.2 Å². The van der Waals surface area contributed by atoms with Crippen LogP contribution in [0.3, 0.4) is 0 Å². The number of anilines is 1. The first kappa shape index (κ1) is 33.2. The number of esters is 1. The van der Waals surface area contributed by atoms with Gasteiger partial charge < -0.3 is 19.4 Å². The number of benzene rings is 2. The molecule has 4 aromatic rings. The highest BCUT2D eigenvalue weighted by Crippen LogP contribution is 2.46. The lowest BCUT2D eigenvalue weighted by atomic mass is 9.96. The number of nitrogens with zero attached hydrogens (tertiary/aromatic N) is 4. The standard InChI is InChI=1S/C36H38ClN5O6/c1-6-48-35(45)22-15-16-42(18-22)29-14-13-21-17-28(39-33(47-5)30(21)29)25-11-7-10-24(31(25)37)23-9-8-12-27(20(23)2)38-32(43)26-19-40(3)36(46)41(4)34(26)44/h7-12,17,19,22,29H,6,13-16,18H2,1-5H3,(H,38,43)/t22-,29+/m0/s1. The topological polar surface area (TPSA) is 125 Å². The first-order valence-corrected chi connectivity index (χ1v) is 16.4. The molecule has 0 bridgehead atoms. The molecular weight excluding hydrogens is 634 g/mol. The number of methoxy groups -OCH3 is 1. The molecule has 1 aliphatic heterocycles. The fourth-order valence-corrected chi connectivity index (χ4v) is 7.24. The quantitative estimate of drug-likeness (QED) is 0.262. The van der Waals surface area contributed by atoms with Gasteiger partial charge in [-0.05, 0) is 68.5 Å². The molecule has 6 rings (SSSR count). The smallest absolute Gasteiger partial charge is 0.330 e. The van der Waals surface area contributed by atoms with Crippen LogP contribution in [0.25, 0.3) is 22.4 Å². The highest BCUT2D eigenvalue weighted by Gasteiger charge is 2.38. The molecule has 0 unspecified atom stereocenters. The van der Waals surface area contributed by atoms with Gasteiger partial charge in [-0.2, -0.15) is 0 Å². The average molecular weight is 672 g/mol. The second kappa shape index (κ2) is 13.4. The van der Waals surface area contributed by atoms with Gasteiger partial charge in [-0.15, -0.1) is 0 Å². The summed E-state index contributed by atoms with van der Waals surface area (Å²) < 4.78 is 13.2. The zero-order chi connectivity index (χ0) is 34.3. The number of nitrogens with one attached hydrogen (secondary N) is 1. The van der Waals surface area contributed by atoms with Crippen LogP contribution in [0.2, 0.25) is 5.02 Å². The predicted molar refractivity (Wildman–Crippen MR) is 184 cm³/mol. The fraction of sp³-hybridized carbons (Fsp3) is 0.361. The third kappa shape index (κ3) is 5.92. The molecule has 1 saturated heterocycles. The first-order chi connectivity index (χ1) is 23.0. The Balaban J connectivity index is 1.30. The second-order valence-electron chi connectivity index (χ2n) is 12.3. The maximum atomic E-state index is 13.2. The van der Waals surface area contributed by atoms with Gasteiger partial charge in [-0.25, -0.2) is 9.78 Å². The largest absolute Gasteiger partial charge is 0.481 e. The van der Waals surface area contributed by atoms with Crippen molar-refractivity contribution in [1.82, 2.24) is 19.0 Å². The summed E-state index contributed by atoms with van der Waals surface area (Å²) in [6, 6.07) is 13.4. The van der Waals surface area contributed by atoms with E-state index in [0.29, 0.717) is 35.4 Å². The van der Waals surface area contributed by atoms with Crippen LogP contribution >= 0.6 is 11.6 Å².